The third-order valence-electron chi connectivity index (χ3n) is 5.71. The first kappa shape index (κ1) is 13.8. The summed E-state index contributed by atoms with van der Waals surface area (Å²) in [5, 5.41) is 3.64. The molecule has 2 heteroatoms. The van der Waals surface area contributed by atoms with E-state index in [-0.39, 0.29) is 0 Å². The van der Waals surface area contributed by atoms with E-state index in [2.05, 4.69) is 34.5 Å². The van der Waals surface area contributed by atoms with Crippen molar-refractivity contribution >= 4 is 0 Å². The molecule has 0 aromatic heterocycles. The van der Waals surface area contributed by atoms with E-state index < -0.39 is 0 Å². The number of rotatable bonds is 3. The molecule has 1 spiro atoms. The van der Waals surface area contributed by atoms with E-state index in [9.17, 15) is 0 Å². The van der Waals surface area contributed by atoms with Gasteiger partial charge in [-0.2, -0.15) is 0 Å². The lowest BCUT2D eigenvalue weighted by Gasteiger charge is -2.45. The number of piperidine rings is 2. The van der Waals surface area contributed by atoms with E-state index in [1.165, 1.54) is 70.3 Å². The van der Waals surface area contributed by atoms with Gasteiger partial charge in [-0.3, -0.25) is 4.90 Å². The molecule has 1 N–H and O–H groups in total. The van der Waals surface area contributed by atoms with Gasteiger partial charge in [0.05, 0.1) is 0 Å². The standard InChI is InChI=1S/C19H28N2/c1-4-16(12-18(5-1)17-6-7-17)13-21-11-3-9-19(15-21)8-2-10-20-14-19/h1,4-5,12,17,20H,2-3,6-11,13-15H2. The molecule has 21 heavy (non-hydrogen) atoms. The van der Waals surface area contributed by atoms with Crippen molar-refractivity contribution in [1.82, 2.24) is 10.2 Å². The van der Waals surface area contributed by atoms with Gasteiger partial charge in [0, 0.05) is 19.6 Å². The maximum absolute atomic E-state index is 3.64. The zero-order valence-electron chi connectivity index (χ0n) is 13.1. The number of hydrogen-bond acceptors (Lipinski definition) is 2. The van der Waals surface area contributed by atoms with Crippen molar-refractivity contribution in [2.45, 2.75) is 51.0 Å². The van der Waals surface area contributed by atoms with Crippen LogP contribution in [0.5, 0.6) is 0 Å². The Balaban J connectivity index is 1.42. The molecule has 1 aromatic carbocycles. The Bertz CT molecular complexity index is 481. The monoisotopic (exact) mass is 284 g/mol. The topological polar surface area (TPSA) is 15.3 Å². The van der Waals surface area contributed by atoms with Crippen LogP contribution in [-0.2, 0) is 6.54 Å². The predicted molar refractivity (Wildman–Crippen MR) is 87.5 cm³/mol. The lowest BCUT2D eigenvalue weighted by atomic mass is 9.74. The summed E-state index contributed by atoms with van der Waals surface area (Å²) in [4.78, 5) is 2.71. The molecule has 2 nitrogen and oxygen atoms in total. The molecular formula is C19H28N2. The first-order chi connectivity index (χ1) is 10.3. The van der Waals surface area contributed by atoms with E-state index in [4.69, 9.17) is 0 Å². The average Bonchev–Trinajstić information content (AvgIpc) is 3.33. The average molecular weight is 284 g/mol. The van der Waals surface area contributed by atoms with Crippen LogP contribution in [0.2, 0.25) is 0 Å². The minimum absolute atomic E-state index is 0.574. The Morgan fingerprint density at radius 3 is 2.90 bits per heavy atom. The van der Waals surface area contributed by atoms with Crippen molar-refractivity contribution in [3.8, 4) is 0 Å². The van der Waals surface area contributed by atoms with Gasteiger partial charge >= 0.3 is 0 Å². The second-order valence-electron chi connectivity index (χ2n) is 7.61. The van der Waals surface area contributed by atoms with Gasteiger partial charge in [-0.25, -0.2) is 0 Å². The molecule has 4 rings (SSSR count). The van der Waals surface area contributed by atoms with Crippen LogP contribution in [-0.4, -0.2) is 31.1 Å². The number of likely N-dealkylation sites (tertiary alicyclic amines) is 1. The van der Waals surface area contributed by atoms with Crippen LogP contribution in [0.4, 0.5) is 0 Å². The zero-order valence-corrected chi connectivity index (χ0v) is 13.1. The lowest BCUT2D eigenvalue weighted by molar-refractivity contribution is 0.0600. The van der Waals surface area contributed by atoms with Crippen LogP contribution in [0.3, 0.4) is 0 Å². The Kier molecular flexibility index (Phi) is 3.76. The molecular weight excluding hydrogens is 256 g/mol. The minimum Gasteiger partial charge on any atom is -0.316 e. The van der Waals surface area contributed by atoms with Crippen LogP contribution < -0.4 is 5.32 Å². The lowest BCUT2D eigenvalue weighted by Crippen LogP contribution is -2.50. The van der Waals surface area contributed by atoms with Gasteiger partial charge in [-0.15, -0.1) is 0 Å². The van der Waals surface area contributed by atoms with E-state index in [0.29, 0.717) is 5.41 Å². The summed E-state index contributed by atoms with van der Waals surface area (Å²) in [5.74, 6) is 0.875. The Morgan fingerprint density at radius 2 is 2.10 bits per heavy atom. The van der Waals surface area contributed by atoms with Gasteiger partial charge in [-0.1, -0.05) is 24.3 Å². The quantitative estimate of drug-likeness (QED) is 0.913. The number of hydrogen-bond donors (Lipinski definition) is 1. The smallest absolute Gasteiger partial charge is 0.0234 e. The highest BCUT2D eigenvalue weighted by Crippen LogP contribution is 2.40. The highest BCUT2D eigenvalue weighted by Gasteiger charge is 2.36. The molecule has 1 aliphatic carbocycles. The van der Waals surface area contributed by atoms with Crippen LogP contribution in [0.15, 0.2) is 24.3 Å². The summed E-state index contributed by atoms with van der Waals surface area (Å²) in [7, 11) is 0. The summed E-state index contributed by atoms with van der Waals surface area (Å²) < 4.78 is 0. The summed E-state index contributed by atoms with van der Waals surface area (Å²) in [5.41, 5.74) is 3.68. The molecule has 2 saturated heterocycles. The Hall–Kier alpha value is -0.860. The van der Waals surface area contributed by atoms with Gasteiger partial charge < -0.3 is 5.32 Å². The van der Waals surface area contributed by atoms with E-state index in [0.717, 1.165) is 12.5 Å². The summed E-state index contributed by atoms with van der Waals surface area (Å²) >= 11 is 0. The minimum atomic E-state index is 0.574. The highest BCUT2D eigenvalue weighted by molar-refractivity contribution is 5.29. The van der Waals surface area contributed by atoms with Crippen molar-refractivity contribution in [3.63, 3.8) is 0 Å². The normalized spacial score (nSPS) is 30.7. The van der Waals surface area contributed by atoms with Gasteiger partial charge in [0.25, 0.3) is 0 Å². The SMILES string of the molecule is c1cc(CN2CCCC3(CCCNC3)C2)cc(C2CC2)c1. The van der Waals surface area contributed by atoms with Crippen molar-refractivity contribution in [1.29, 1.82) is 0 Å². The second kappa shape index (κ2) is 5.73. The number of nitrogens with zero attached hydrogens (tertiary/aromatic N) is 1. The molecule has 1 aromatic rings. The van der Waals surface area contributed by atoms with Crippen molar-refractivity contribution in [2.75, 3.05) is 26.2 Å². The molecule has 114 valence electrons. The van der Waals surface area contributed by atoms with E-state index >= 15 is 0 Å². The first-order valence-electron chi connectivity index (χ1n) is 8.85. The fraction of sp³-hybridized carbons (Fsp3) is 0.684. The van der Waals surface area contributed by atoms with Gasteiger partial charge in [0.15, 0.2) is 0 Å². The van der Waals surface area contributed by atoms with Crippen LogP contribution in [0.1, 0.15) is 55.6 Å². The third kappa shape index (κ3) is 3.17. The molecule has 1 unspecified atom stereocenters. The van der Waals surface area contributed by atoms with Crippen molar-refractivity contribution < 1.29 is 0 Å². The van der Waals surface area contributed by atoms with E-state index in [1.807, 2.05) is 0 Å². The predicted octanol–water partition coefficient (Wildman–Crippen LogP) is 3.53. The highest BCUT2D eigenvalue weighted by atomic mass is 15.1. The van der Waals surface area contributed by atoms with Crippen LogP contribution in [0, 0.1) is 5.41 Å². The molecule has 0 bridgehead atoms. The molecule has 1 atom stereocenters. The van der Waals surface area contributed by atoms with Gasteiger partial charge in [-0.05, 0) is 74.1 Å². The molecule has 0 radical (unpaired) electrons. The molecule has 1 saturated carbocycles. The summed E-state index contributed by atoms with van der Waals surface area (Å²) in [6.45, 7) is 6.21. The van der Waals surface area contributed by atoms with Gasteiger partial charge in [0.2, 0.25) is 0 Å². The fourth-order valence-corrected chi connectivity index (χ4v) is 4.44. The fourth-order valence-electron chi connectivity index (χ4n) is 4.44. The van der Waals surface area contributed by atoms with Crippen LogP contribution in [0.25, 0.3) is 0 Å². The first-order valence-corrected chi connectivity index (χ1v) is 8.85. The van der Waals surface area contributed by atoms with Crippen molar-refractivity contribution in [3.05, 3.63) is 35.4 Å². The largest absolute Gasteiger partial charge is 0.316 e. The van der Waals surface area contributed by atoms with Gasteiger partial charge in [0.1, 0.15) is 0 Å². The summed E-state index contributed by atoms with van der Waals surface area (Å²) in [6.07, 6.45) is 8.41. The Morgan fingerprint density at radius 1 is 1.19 bits per heavy atom. The maximum Gasteiger partial charge on any atom is 0.0234 e. The molecule has 3 fully saturated rings. The molecule has 3 aliphatic rings. The maximum atomic E-state index is 3.64. The Labute approximate surface area is 128 Å². The van der Waals surface area contributed by atoms with E-state index in [1.54, 1.807) is 5.56 Å². The molecule has 0 amide bonds. The third-order valence-corrected chi connectivity index (χ3v) is 5.71. The zero-order chi connectivity index (χ0) is 14.1. The summed E-state index contributed by atoms with van der Waals surface area (Å²) in [6, 6.07) is 9.39. The number of nitrogens with one attached hydrogen (secondary N) is 1. The van der Waals surface area contributed by atoms with Crippen molar-refractivity contribution in [2.24, 2.45) is 5.41 Å². The van der Waals surface area contributed by atoms with Crippen LogP contribution >= 0.6 is 0 Å². The second-order valence-corrected chi connectivity index (χ2v) is 7.61. The molecule has 2 aliphatic heterocycles. The molecule has 2 heterocycles. The number of benzene rings is 1.